The number of amides is 1. The molecule has 0 atom stereocenters. The van der Waals surface area contributed by atoms with Crippen molar-refractivity contribution < 1.29 is 9.90 Å². The largest absolute Gasteiger partial charge is 0.390 e. The van der Waals surface area contributed by atoms with Crippen molar-refractivity contribution in [1.82, 2.24) is 20.1 Å². The summed E-state index contributed by atoms with van der Waals surface area (Å²) in [6, 6.07) is 7.54. The molecular weight excluding hydrogens is 316 g/mol. The summed E-state index contributed by atoms with van der Waals surface area (Å²) in [5.74, 6) is 1.73. The second-order valence-electron chi connectivity index (χ2n) is 7.33. The molecule has 0 bridgehead atoms. The quantitative estimate of drug-likeness (QED) is 0.844. The fourth-order valence-electron chi connectivity index (χ4n) is 3.03. The van der Waals surface area contributed by atoms with Gasteiger partial charge in [0.05, 0.1) is 12.1 Å². The van der Waals surface area contributed by atoms with Crippen LogP contribution in [0.1, 0.15) is 60.7 Å². The summed E-state index contributed by atoms with van der Waals surface area (Å²) < 4.78 is 2.11. The molecule has 3 rings (SSSR count). The van der Waals surface area contributed by atoms with Gasteiger partial charge in [0.15, 0.2) is 5.82 Å². The van der Waals surface area contributed by atoms with Crippen molar-refractivity contribution in [2.75, 3.05) is 0 Å². The van der Waals surface area contributed by atoms with Gasteiger partial charge < -0.3 is 15.0 Å². The van der Waals surface area contributed by atoms with Gasteiger partial charge in [-0.05, 0) is 57.2 Å². The van der Waals surface area contributed by atoms with E-state index in [1.807, 2.05) is 24.3 Å². The van der Waals surface area contributed by atoms with Gasteiger partial charge in [-0.3, -0.25) is 4.79 Å². The van der Waals surface area contributed by atoms with Crippen LogP contribution in [0, 0.1) is 0 Å². The Labute approximate surface area is 148 Å². The predicted molar refractivity (Wildman–Crippen MR) is 95.2 cm³/mol. The van der Waals surface area contributed by atoms with Crippen LogP contribution in [0.15, 0.2) is 24.3 Å². The number of fused-ring (bicyclic) bond motifs is 1. The van der Waals surface area contributed by atoms with Crippen molar-refractivity contribution in [3.63, 3.8) is 0 Å². The smallest absolute Gasteiger partial charge is 0.251 e. The lowest BCUT2D eigenvalue weighted by atomic mass is 9.98. The number of aryl methyl sites for hydroxylation is 2. The van der Waals surface area contributed by atoms with E-state index in [-0.39, 0.29) is 5.91 Å². The van der Waals surface area contributed by atoms with Gasteiger partial charge in [0.25, 0.3) is 5.91 Å². The van der Waals surface area contributed by atoms with Gasteiger partial charge >= 0.3 is 0 Å². The molecule has 0 aliphatic carbocycles. The van der Waals surface area contributed by atoms with Crippen LogP contribution in [0.4, 0.5) is 0 Å². The van der Waals surface area contributed by atoms with E-state index >= 15 is 0 Å². The molecule has 2 aromatic rings. The second kappa shape index (κ2) is 7.35. The van der Waals surface area contributed by atoms with E-state index in [1.54, 1.807) is 13.8 Å². The van der Waals surface area contributed by atoms with Crippen LogP contribution in [0.25, 0.3) is 0 Å². The van der Waals surface area contributed by atoms with Crippen molar-refractivity contribution in [2.45, 2.75) is 64.6 Å². The van der Waals surface area contributed by atoms with Crippen LogP contribution >= 0.6 is 0 Å². The van der Waals surface area contributed by atoms with Gasteiger partial charge in [0.2, 0.25) is 0 Å². The number of nitrogens with one attached hydrogen (secondary N) is 1. The predicted octanol–water partition coefficient (Wildman–Crippen LogP) is 2.25. The first-order valence-electron chi connectivity index (χ1n) is 8.93. The molecule has 0 saturated heterocycles. The van der Waals surface area contributed by atoms with Crippen LogP contribution < -0.4 is 5.32 Å². The third kappa shape index (κ3) is 4.66. The fraction of sp³-hybridized carbons (Fsp3) is 0.526. The van der Waals surface area contributed by atoms with Crippen molar-refractivity contribution >= 4 is 5.91 Å². The Morgan fingerprint density at radius 2 is 2.00 bits per heavy atom. The summed E-state index contributed by atoms with van der Waals surface area (Å²) in [5.41, 5.74) is 1.07. The average molecular weight is 342 g/mol. The van der Waals surface area contributed by atoms with E-state index in [2.05, 4.69) is 20.1 Å². The zero-order valence-corrected chi connectivity index (χ0v) is 15.0. The summed E-state index contributed by atoms with van der Waals surface area (Å²) in [7, 11) is 0. The summed E-state index contributed by atoms with van der Waals surface area (Å²) in [6.07, 6.45) is 4.74. The molecule has 6 nitrogen and oxygen atoms in total. The zero-order valence-electron chi connectivity index (χ0n) is 15.0. The first-order valence-corrected chi connectivity index (χ1v) is 8.93. The Kier molecular flexibility index (Phi) is 5.18. The lowest BCUT2D eigenvalue weighted by molar-refractivity contribution is 0.0713. The molecule has 0 saturated carbocycles. The minimum Gasteiger partial charge on any atom is -0.390 e. The Bertz CT molecular complexity index is 729. The summed E-state index contributed by atoms with van der Waals surface area (Å²) >= 11 is 0. The molecule has 1 aliphatic rings. The summed E-state index contributed by atoms with van der Waals surface area (Å²) in [4.78, 5) is 12.3. The molecule has 1 aliphatic heterocycles. The highest BCUT2D eigenvalue weighted by Crippen LogP contribution is 2.15. The lowest BCUT2D eigenvalue weighted by Crippen LogP contribution is -2.25. The molecule has 0 fully saturated rings. The highest BCUT2D eigenvalue weighted by atomic mass is 16.3. The van der Waals surface area contributed by atoms with Crippen LogP contribution in [-0.2, 0) is 25.9 Å². The standard InChI is InChI=1S/C19H26N4O2/c1-19(2,25)11-10-14-6-8-15(9-7-14)18(24)20-13-17-22-21-16-5-3-4-12-23(16)17/h6-9,25H,3-5,10-13H2,1-2H3,(H,20,24). The van der Waals surface area contributed by atoms with Crippen molar-refractivity contribution in [1.29, 1.82) is 0 Å². The summed E-state index contributed by atoms with van der Waals surface area (Å²) in [5, 5.41) is 21.1. The molecule has 6 heteroatoms. The van der Waals surface area contributed by atoms with Crippen LogP contribution in [0.2, 0.25) is 0 Å². The molecule has 0 radical (unpaired) electrons. The Balaban J connectivity index is 1.55. The average Bonchev–Trinajstić information content (AvgIpc) is 3.01. The van der Waals surface area contributed by atoms with E-state index in [4.69, 9.17) is 0 Å². The molecule has 1 amide bonds. The first-order chi connectivity index (χ1) is 11.9. The number of carbonyl (C=O) groups is 1. The minimum absolute atomic E-state index is 0.109. The molecule has 1 aromatic carbocycles. The zero-order chi connectivity index (χ0) is 17.9. The molecule has 0 spiro atoms. The molecule has 1 aromatic heterocycles. The fourth-order valence-corrected chi connectivity index (χ4v) is 3.03. The van der Waals surface area contributed by atoms with E-state index in [9.17, 15) is 9.90 Å². The van der Waals surface area contributed by atoms with E-state index < -0.39 is 5.60 Å². The lowest BCUT2D eigenvalue weighted by Gasteiger charge is -2.16. The Hall–Kier alpha value is -2.21. The molecule has 2 heterocycles. The number of aromatic nitrogens is 3. The molecular formula is C19H26N4O2. The molecule has 25 heavy (non-hydrogen) atoms. The van der Waals surface area contributed by atoms with Crippen LogP contribution in [0.5, 0.6) is 0 Å². The third-order valence-corrected chi connectivity index (χ3v) is 4.58. The van der Waals surface area contributed by atoms with Gasteiger partial charge in [-0.1, -0.05) is 12.1 Å². The highest BCUT2D eigenvalue weighted by Gasteiger charge is 2.16. The maximum atomic E-state index is 12.3. The number of rotatable bonds is 6. The van der Waals surface area contributed by atoms with Crippen molar-refractivity contribution in [2.24, 2.45) is 0 Å². The topological polar surface area (TPSA) is 80.0 Å². The van der Waals surface area contributed by atoms with Gasteiger partial charge in [0.1, 0.15) is 5.82 Å². The normalized spacial score (nSPS) is 14.2. The van der Waals surface area contributed by atoms with E-state index in [1.165, 1.54) is 0 Å². The molecule has 2 N–H and O–H groups in total. The van der Waals surface area contributed by atoms with E-state index in [0.717, 1.165) is 49.4 Å². The second-order valence-corrected chi connectivity index (χ2v) is 7.33. The van der Waals surface area contributed by atoms with Crippen molar-refractivity contribution in [3.8, 4) is 0 Å². The van der Waals surface area contributed by atoms with E-state index in [0.29, 0.717) is 18.5 Å². The highest BCUT2D eigenvalue weighted by molar-refractivity contribution is 5.94. The van der Waals surface area contributed by atoms with Crippen LogP contribution in [-0.4, -0.2) is 31.4 Å². The number of aliphatic hydroxyl groups is 1. The number of nitrogens with zero attached hydrogens (tertiary/aromatic N) is 3. The minimum atomic E-state index is -0.673. The SMILES string of the molecule is CC(C)(O)CCc1ccc(C(=O)NCc2nnc3n2CCCC3)cc1. The number of hydrogen-bond donors (Lipinski definition) is 2. The summed E-state index contributed by atoms with van der Waals surface area (Å²) in [6.45, 7) is 4.94. The van der Waals surface area contributed by atoms with Gasteiger partial charge in [-0.2, -0.15) is 0 Å². The Morgan fingerprint density at radius 3 is 2.72 bits per heavy atom. The van der Waals surface area contributed by atoms with Gasteiger partial charge in [0, 0.05) is 18.5 Å². The Morgan fingerprint density at radius 1 is 1.24 bits per heavy atom. The molecule has 134 valence electrons. The van der Waals surface area contributed by atoms with Gasteiger partial charge in [-0.25, -0.2) is 0 Å². The molecule has 0 unspecified atom stereocenters. The first kappa shape index (κ1) is 17.6. The number of benzene rings is 1. The maximum absolute atomic E-state index is 12.3. The monoisotopic (exact) mass is 342 g/mol. The third-order valence-electron chi connectivity index (χ3n) is 4.58. The maximum Gasteiger partial charge on any atom is 0.251 e. The van der Waals surface area contributed by atoms with Crippen LogP contribution in [0.3, 0.4) is 0 Å². The van der Waals surface area contributed by atoms with Gasteiger partial charge in [-0.15, -0.1) is 10.2 Å². The number of hydrogen-bond acceptors (Lipinski definition) is 4. The number of carbonyl (C=O) groups excluding carboxylic acids is 1. The van der Waals surface area contributed by atoms with Crippen molar-refractivity contribution in [3.05, 3.63) is 47.0 Å².